The predicted molar refractivity (Wildman–Crippen MR) is 97.3 cm³/mol. The summed E-state index contributed by atoms with van der Waals surface area (Å²) in [5, 5.41) is 18.0. The minimum atomic E-state index is -0.496. The van der Waals surface area contributed by atoms with Crippen LogP contribution in [-0.2, 0) is 0 Å². The maximum Gasteiger partial charge on any atom is 0.271 e. The van der Waals surface area contributed by atoms with Crippen molar-refractivity contribution in [1.29, 1.82) is 0 Å². The Morgan fingerprint density at radius 1 is 1.22 bits per heavy atom. The summed E-state index contributed by atoms with van der Waals surface area (Å²) in [7, 11) is 0. The van der Waals surface area contributed by atoms with Gasteiger partial charge in [0.15, 0.2) is 5.11 Å². The van der Waals surface area contributed by atoms with Gasteiger partial charge in [-0.15, -0.1) is 0 Å². The Labute approximate surface area is 148 Å². The molecule has 0 fully saturated rings. The van der Waals surface area contributed by atoms with E-state index in [2.05, 4.69) is 10.6 Å². The zero-order valence-electron chi connectivity index (χ0n) is 12.0. The summed E-state index contributed by atoms with van der Waals surface area (Å²) in [5.74, 6) is 0. The number of nitrogens with zero attached hydrogens (tertiary/aromatic N) is 1. The molecule has 0 radical (unpaired) electrons. The fraction of sp³-hybridized carbons (Fsp3) is 0.133. The second-order valence-electron chi connectivity index (χ2n) is 4.76. The lowest BCUT2D eigenvalue weighted by atomic mass is 10.1. The van der Waals surface area contributed by atoms with Crippen LogP contribution in [0.25, 0.3) is 0 Å². The van der Waals surface area contributed by atoms with Crippen LogP contribution in [-0.4, -0.2) is 10.0 Å². The molecule has 0 heterocycles. The van der Waals surface area contributed by atoms with Crippen molar-refractivity contribution in [3.05, 3.63) is 68.2 Å². The van der Waals surface area contributed by atoms with Crippen LogP contribution in [0.15, 0.2) is 42.5 Å². The second kappa shape index (κ2) is 7.59. The second-order valence-corrected chi connectivity index (χ2v) is 5.99. The van der Waals surface area contributed by atoms with Crippen molar-refractivity contribution in [2.45, 2.75) is 13.0 Å². The molecule has 0 aromatic heterocycles. The number of nitrogens with one attached hydrogen (secondary N) is 2. The van der Waals surface area contributed by atoms with E-state index in [1.54, 1.807) is 6.07 Å². The van der Waals surface area contributed by atoms with Crippen LogP contribution in [0.5, 0.6) is 0 Å². The van der Waals surface area contributed by atoms with Gasteiger partial charge in [-0.25, -0.2) is 0 Å². The van der Waals surface area contributed by atoms with Crippen LogP contribution in [0.2, 0.25) is 10.0 Å². The van der Waals surface area contributed by atoms with E-state index in [0.29, 0.717) is 20.8 Å². The smallest absolute Gasteiger partial charge is 0.271 e. The molecule has 23 heavy (non-hydrogen) atoms. The Balaban J connectivity index is 2.09. The number of non-ortho nitro benzene ring substituents is 1. The number of benzene rings is 2. The van der Waals surface area contributed by atoms with Crippen molar-refractivity contribution in [3.63, 3.8) is 0 Å². The Kier molecular flexibility index (Phi) is 5.76. The van der Waals surface area contributed by atoms with Gasteiger partial charge in [0.2, 0.25) is 0 Å². The number of rotatable bonds is 4. The molecule has 120 valence electrons. The zero-order valence-corrected chi connectivity index (χ0v) is 14.4. The first kappa shape index (κ1) is 17.5. The molecule has 0 aliphatic heterocycles. The Morgan fingerprint density at radius 2 is 1.91 bits per heavy atom. The van der Waals surface area contributed by atoms with E-state index >= 15 is 0 Å². The lowest BCUT2D eigenvalue weighted by molar-refractivity contribution is -0.384. The monoisotopic (exact) mass is 369 g/mol. The lowest BCUT2D eigenvalue weighted by Gasteiger charge is -2.18. The molecule has 2 aromatic rings. The third-order valence-corrected chi connectivity index (χ3v) is 4.02. The van der Waals surface area contributed by atoms with Crippen LogP contribution < -0.4 is 10.6 Å². The molecule has 8 heteroatoms. The summed E-state index contributed by atoms with van der Waals surface area (Å²) in [6, 6.07) is 11.4. The standard InChI is InChI=1S/C15H13Cl2N3O2S/c1-9(11-4-2-3-5-12(11)16)18-15(23)19-14-8-10(20(21)22)6-7-13(14)17/h2-9H,1H3,(H2,18,19,23)/t9-/m0/s1. The van der Waals surface area contributed by atoms with Gasteiger partial charge in [-0.1, -0.05) is 41.4 Å². The molecule has 0 amide bonds. The van der Waals surface area contributed by atoms with E-state index in [4.69, 9.17) is 35.4 Å². The van der Waals surface area contributed by atoms with Gasteiger partial charge in [-0.2, -0.15) is 0 Å². The molecule has 5 nitrogen and oxygen atoms in total. The van der Waals surface area contributed by atoms with E-state index in [9.17, 15) is 10.1 Å². The van der Waals surface area contributed by atoms with Crippen molar-refractivity contribution < 1.29 is 4.92 Å². The highest BCUT2D eigenvalue weighted by atomic mass is 35.5. The fourth-order valence-corrected chi connectivity index (χ4v) is 2.73. The molecule has 0 unspecified atom stereocenters. The van der Waals surface area contributed by atoms with Crippen molar-refractivity contribution in [3.8, 4) is 0 Å². The van der Waals surface area contributed by atoms with E-state index < -0.39 is 4.92 Å². The van der Waals surface area contributed by atoms with Crippen LogP contribution >= 0.6 is 35.4 Å². The molecular formula is C15H13Cl2N3O2S. The molecule has 0 saturated carbocycles. The molecule has 2 aromatic carbocycles. The maximum atomic E-state index is 10.8. The van der Waals surface area contributed by atoms with Crippen molar-refractivity contribution in [2.75, 3.05) is 5.32 Å². The number of halogens is 2. The third kappa shape index (κ3) is 4.54. The first-order valence-corrected chi connectivity index (χ1v) is 7.81. The van der Waals surface area contributed by atoms with Crippen molar-refractivity contribution >= 4 is 51.9 Å². The Bertz CT molecular complexity index is 755. The highest BCUT2D eigenvalue weighted by molar-refractivity contribution is 7.80. The number of nitro benzene ring substituents is 1. The minimum Gasteiger partial charge on any atom is -0.356 e. The first-order valence-electron chi connectivity index (χ1n) is 6.64. The summed E-state index contributed by atoms with van der Waals surface area (Å²) in [6.07, 6.45) is 0. The van der Waals surface area contributed by atoms with Crippen LogP contribution in [0, 0.1) is 10.1 Å². The van der Waals surface area contributed by atoms with Gasteiger partial charge in [-0.3, -0.25) is 10.1 Å². The maximum absolute atomic E-state index is 10.8. The van der Waals surface area contributed by atoms with Crippen LogP contribution in [0.4, 0.5) is 11.4 Å². The number of nitro groups is 1. The minimum absolute atomic E-state index is 0.0705. The van der Waals surface area contributed by atoms with Crippen molar-refractivity contribution in [2.24, 2.45) is 0 Å². The summed E-state index contributed by atoms with van der Waals surface area (Å²) >= 11 is 17.4. The third-order valence-electron chi connectivity index (χ3n) is 3.13. The summed E-state index contributed by atoms with van der Waals surface area (Å²) in [6.45, 7) is 1.91. The van der Waals surface area contributed by atoms with Gasteiger partial charge < -0.3 is 10.6 Å². The van der Waals surface area contributed by atoms with Gasteiger partial charge in [0.1, 0.15) is 0 Å². The molecule has 0 spiro atoms. The molecule has 0 aliphatic rings. The first-order chi connectivity index (χ1) is 10.9. The number of hydrogen-bond acceptors (Lipinski definition) is 3. The molecule has 0 aliphatic carbocycles. The Morgan fingerprint density at radius 3 is 2.57 bits per heavy atom. The number of thiocarbonyl (C=S) groups is 1. The quantitative estimate of drug-likeness (QED) is 0.453. The number of hydrogen-bond donors (Lipinski definition) is 2. The van der Waals surface area contributed by atoms with E-state index in [0.717, 1.165) is 5.56 Å². The SMILES string of the molecule is C[C@H](NC(=S)Nc1cc([N+](=O)[O-])ccc1Cl)c1ccccc1Cl. The normalized spacial score (nSPS) is 11.6. The highest BCUT2D eigenvalue weighted by Crippen LogP contribution is 2.27. The lowest BCUT2D eigenvalue weighted by Crippen LogP contribution is -2.31. The van der Waals surface area contributed by atoms with Crippen LogP contribution in [0.1, 0.15) is 18.5 Å². The van der Waals surface area contributed by atoms with Gasteiger partial charge in [0.25, 0.3) is 5.69 Å². The van der Waals surface area contributed by atoms with Gasteiger partial charge in [0, 0.05) is 17.2 Å². The average molecular weight is 370 g/mol. The number of anilines is 1. The molecular weight excluding hydrogens is 357 g/mol. The van der Waals surface area contributed by atoms with Gasteiger partial charge in [0.05, 0.1) is 21.7 Å². The summed E-state index contributed by atoms with van der Waals surface area (Å²) < 4.78 is 0. The molecule has 0 bridgehead atoms. The van der Waals surface area contributed by atoms with E-state index in [1.165, 1.54) is 18.2 Å². The highest BCUT2D eigenvalue weighted by Gasteiger charge is 2.13. The van der Waals surface area contributed by atoms with Crippen LogP contribution in [0.3, 0.4) is 0 Å². The molecule has 2 rings (SSSR count). The largest absolute Gasteiger partial charge is 0.356 e. The Hall–Kier alpha value is -1.89. The molecule has 1 atom stereocenters. The predicted octanol–water partition coefficient (Wildman–Crippen LogP) is 4.95. The van der Waals surface area contributed by atoms with Crippen molar-refractivity contribution in [1.82, 2.24) is 5.32 Å². The van der Waals surface area contributed by atoms with E-state index in [-0.39, 0.29) is 11.7 Å². The summed E-state index contributed by atoms with van der Waals surface area (Å²) in [5.41, 5.74) is 1.19. The summed E-state index contributed by atoms with van der Waals surface area (Å²) in [4.78, 5) is 10.3. The van der Waals surface area contributed by atoms with Gasteiger partial charge >= 0.3 is 0 Å². The fourth-order valence-electron chi connectivity index (χ4n) is 1.98. The molecule has 0 saturated heterocycles. The topological polar surface area (TPSA) is 67.2 Å². The zero-order chi connectivity index (χ0) is 17.0. The molecule has 2 N–H and O–H groups in total. The average Bonchev–Trinajstić information content (AvgIpc) is 2.49. The van der Waals surface area contributed by atoms with Gasteiger partial charge in [-0.05, 0) is 36.8 Å². The van der Waals surface area contributed by atoms with E-state index in [1.807, 2.05) is 25.1 Å².